The van der Waals surface area contributed by atoms with Crippen LogP contribution in [-0.4, -0.2) is 22.7 Å². The zero-order chi connectivity index (χ0) is 12.3. The summed E-state index contributed by atoms with van der Waals surface area (Å²) < 4.78 is 0. The fourth-order valence-electron chi connectivity index (χ4n) is 2.23. The second-order valence-corrected chi connectivity index (χ2v) is 4.52. The molecular weight excluding hydrogens is 220 g/mol. The smallest absolute Gasteiger partial charge is 0.271 e. The number of nitro groups is 1. The zero-order valence-corrected chi connectivity index (χ0v) is 9.50. The molecule has 2 atom stereocenters. The fraction of sp³-hybridized carbons (Fsp3) is 0.500. The number of nitrogens with zero attached hydrogens (tertiary/aromatic N) is 1. The average molecular weight is 236 g/mol. The van der Waals surface area contributed by atoms with Crippen LogP contribution in [0.3, 0.4) is 0 Å². The Hall–Kier alpha value is -1.62. The molecule has 1 aliphatic carbocycles. The van der Waals surface area contributed by atoms with Crippen LogP contribution in [0.2, 0.25) is 0 Å². The number of nitrogens with one attached hydrogen (secondary N) is 1. The molecule has 0 bridgehead atoms. The van der Waals surface area contributed by atoms with Crippen LogP contribution in [0.1, 0.15) is 19.3 Å². The van der Waals surface area contributed by atoms with Crippen molar-refractivity contribution in [3.05, 3.63) is 34.4 Å². The highest BCUT2D eigenvalue weighted by Gasteiger charge is 2.22. The minimum Gasteiger partial charge on any atom is -0.393 e. The van der Waals surface area contributed by atoms with Crippen LogP contribution in [0.4, 0.5) is 11.4 Å². The number of aliphatic hydroxyl groups excluding tert-OH is 1. The van der Waals surface area contributed by atoms with E-state index < -0.39 is 4.92 Å². The van der Waals surface area contributed by atoms with Gasteiger partial charge in [-0.05, 0) is 31.2 Å². The molecule has 5 heteroatoms. The molecule has 2 N–H and O–H groups in total. The first-order chi connectivity index (χ1) is 8.15. The molecule has 5 nitrogen and oxygen atoms in total. The quantitative estimate of drug-likeness (QED) is 0.620. The van der Waals surface area contributed by atoms with Gasteiger partial charge in [0.05, 0.1) is 11.0 Å². The highest BCUT2D eigenvalue weighted by Crippen LogP contribution is 2.26. The maximum Gasteiger partial charge on any atom is 0.271 e. The van der Waals surface area contributed by atoms with Crippen LogP contribution < -0.4 is 5.32 Å². The molecule has 2 unspecified atom stereocenters. The summed E-state index contributed by atoms with van der Waals surface area (Å²) in [7, 11) is 0. The highest BCUT2D eigenvalue weighted by atomic mass is 16.6. The van der Waals surface area contributed by atoms with Crippen LogP contribution in [0.15, 0.2) is 24.3 Å². The van der Waals surface area contributed by atoms with Crippen molar-refractivity contribution in [3.63, 3.8) is 0 Å². The van der Waals surface area contributed by atoms with E-state index in [1.54, 1.807) is 6.07 Å². The molecule has 1 aromatic rings. The Morgan fingerprint density at radius 1 is 1.47 bits per heavy atom. The summed E-state index contributed by atoms with van der Waals surface area (Å²) in [4.78, 5) is 10.2. The van der Waals surface area contributed by atoms with Crippen molar-refractivity contribution in [1.82, 2.24) is 0 Å². The van der Waals surface area contributed by atoms with Crippen LogP contribution >= 0.6 is 0 Å². The zero-order valence-electron chi connectivity index (χ0n) is 9.50. The van der Waals surface area contributed by atoms with Crippen molar-refractivity contribution in [2.75, 3.05) is 11.9 Å². The van der Waals surface area contributed by atoms with Crippen molar-refractivity contribution in [2.24, 2.45) is 5.92 Å². The first-order valence-corrected chi connectivity index (χ1v) is 5.81. The van der Waals surface area contributed by atoms with E-state index in [-0.39, 0.29) is 11.8 Å². The fourth-order valence-corrected chi connectivity index (χ4v) is 2.23. The van der Waals surface area contributed by atoms with Crippen molar-refractivity contribution in [3.8, 4) is 0 Å². The van der Waals surface area contributed by atoms with Crippen LogP contribution in [0.5, 0.6) is 0 Å². The van der Waals surface area contributed by atoms with Gasteiger partial charge in [0, 0.05) is 24.4 Å². The molecule has 1 aromatic carbocycles. The molecule has 2 rings (SSSR count). The summed E-state index contributed by atoms with van der Waals surface area (Å²) in [6.07, 6.45) is 2.53. The number of rotatable bonds is 4. The van der Waals surface area contributed by atoms with E-state index in [0.29, 0.717) is 5.92 Å². The maximum absolute atomic E-state index is 10.6. The van der Waals surface area contributed by atoms with E-state index in [4.69, 9.17) is 0 Å². The molecule has 1 fully saturated rings. The van der Waals surface area contributed by atoms with Crippen molar-refractivity contribution in [2.45, 2.75) is 25.4 Å². The Morgan fingerprint density at radius 3 is 2.94 bits per heavy atom. The van der Waals surface area contributed by atoms with Gasteiger partial charge in [-0.1, -0.05) is 6.07 Å². The van der Waals surface area contributed by atoms with Crippen LogP contribution in [-0.2, 0) is 0 Å². The Bertz CT molecular complexity index is 408. The monoisotopic (exact) mass is 236 g/mol. The van der Waals surface area contributed by atoms with Gasteiger partial charge in [0.2, 0.25) is 0 Å². The van der Waals surface area contributed by atoms with Gasteiger partial charge in [0.15, 0.2) is 0 Å². The van der Waals surface area contributed by atoms with E-state index in [9.17, 15) is 15.2 Å². The number of anilines is 1. The number of non-ortho nitro benzene ring substituents is 1. The van der Waals surface area contributed by atoms with Gasteiger partial charge in [0.1, 0.15) is 0 Å². The lowest BCUT2D eigenvalue weighted by atomic mass is 10.1. The third-order valence-electron chi connectivity index (χ3n) is 3.17. The molecule has 0 heterocycles. The molecule has 0 aromatic heterocycles. The Labute approximate surface area is 99.6 Å². The Kier molecular flexibility index (Phi) is 3.58. The molecule has 0 radical (unpaired) electrons. The summed E-state index contributed by atoms with van der Waals surface area (Å²) in [5, 5.41) is 23.2. The second-order valence-electron chi connectivity index (χ2n) is 4.52. The molecular formula is C12H16N2O3. The lowest BCUT2D eigenvalue weighted by Gasteiger charge is -2.11. The van der Waals surface area contributed by atoms with E-state index >= 15 is 0 Å². The number of aliphatic hydroxyl groups is 1. The summed E-state index contributed by atoms with van der Waals surface area (Å²) in [6, 6.07) is 6.50. The third kappa shape index (κ3) is 3.17. The molecule has 0 aliphatic heterocycles. The molecule has 1 aliphatic rings. The second kappa shape index (κ2) is 5.14. The number of benzene rings is 1. The van der Waals surface area contributed by atoms with Gasteiger partial charge in [0.25, 0.3) is 5.69 Å². The van der Waals surface area contributed by atoms with Gasteiger partial charge in [-0.25, -0.2) is 0 Å². The molecule has 0 saturated heterocycles. The molecule has 1 saturated carbocycles. The third-order valence-corrected chi connectivity index (χ3v) is 3.17. The number of hydrogen-bond acceptors (Lipinski definition) is 4. The predicted octanol–water partition coefficient (Wildman–Crippen LogP) is 2.17. The van der Waals surface area contributed by atoms with Gasteiger partial charge in [-0.3, -0.25) is 10.1 Å². The SMILES string of the molecule is O=[N+]([O-])c1cccc(NCC2CCC(O)C2)c1. The largest absolute Gasteiger partial charge is 0.393 e. The van der Waals surface area contributed by atoms with Gasteiger partial charge in [-0.2, -0.15) is 0 Å². The summed E-state index contributed by atoms with van der Waals surface area (Å²) >= 11 is 0. The normalized spacial score (nSPS) is 23.6. The number of nitro benzene ring substituents is 1. The average Bonchev–Trinajstić information content (AvgIpc) is 2.73. The molecule has 92 valence electrons. The maximum atomic E-state index is 10.6. The first-order valence-electron chi connectivity index (χ1n) is 5.81. The predicted molar refractivity (Wildman–Crippen MR) is 64.9 cm³/mol. The van der Waals surface area contributed by atoms with E-state index in [2.05, 4.69) is 5.32 Å². The summed E-state index contributed by atoms with van der Waals surface area (Å²) in [5.41, 5.74) is 0.863. The van der Waals surface area contributed by atoms with Crippen molar-refractivity contribution < 1.29 is 10.0 Å². The molecule has 0 amide bonds. The van der Waals surface area contributed by atoms with E-state index in [1.807, 2.05) is 6.07 Å². The highest BCUT2D eigenvalue weighted by molar-refractivity contribution is 5.50. The minimum absolute atomic E-state index is 0.0986. The summed E-state index contributed by atoms with van der Waals surface area (Å²) in [6.45, 7) is 0.762. The Morgan fingerprint density at radius 2 is 2.29 bits per heavy atom. The topological polar surface area (TPSA) is 75.4 Å². The van der Waals surface area contributed by atoms with Gasteiger partial charge >= 0.3 is 0 Å². The standard InChI is InChI=1S/C12H16N2O3/c15-12-5-4-9(6-12)8-13-10-2-1-3-11(7-10)14(16)17/h1-3,7,9,12-13,15H,4-6,8H2. The van der Waals surface area contributed by atoms with Gasteiger partial charge < -0.3 is 10.4 Å². The Balaban J connectivity index is 1.90. The minimum atomic E-state index is -0.398. The molecule has 17 heavy (non-hydrogen) atoms. The van der Waals surface area contributed by atoms with Crippen LogP contribution in [0.25, 0.3) is 0 Å². The number of hydrogen-bond donors (Lipinski definition) is 2. The lowest BCUT2D eigenvalue weighted by molar-refractivity contribution is -0.384. The molecule has 0 spiro atoms. The van der Waals surface area contributed by atoms with Crippen molar-refractivity contribution >= 4 is 11.4 Å². The van der Waals surface area contributed by atoms with Gasteiger partial charge in [-0.15, -0.1) is 0 Å². The first kappa shape index (κ1) is 11.9. The summed E-state index contributed by atoms with van der Waals surface area (Å²) in [5.74, 6) is 0.462. The van der Waals surface area contributed by atoms with E-state index in [1.165, 1.54) is 12.1 Å². The van der Waals surface area contributed by atoms with Crippen LogP contribution in [0, 0.1) is 16.0 Å². The van der Waals surface area contributed by atoms with Crippen molar-refractivity contribution in [1.29, 1.82) is 0 Å². The van der Waals surface area contributed by atoms with E-state index in [0.717, 1.165) is 31.5 Å². The lowest BCUT2D eigenvalue weighted by Crippen LogP contribution is -2.12.